The molecule has 3 aliphatic rings. The summed E-state index contributed by atoms with van der Waals surface area (Å²) in [6, 6.07) is 14.6. The van der Waals surface area contributed by atoms with Crippen molar-refractivity contribution in [1.82, 2.24) is 10.2 Å². The van der Waals surface area contributed by atoms with E-state index >= 15 is 0 Å². The van der Waals surface area contributed by atoms with Gasteiger partial charge in [-0.25, -0.2) is 4.79 Å². The number of aliphatic hydroxyl groups excluding tert-OH is 1. The summed E-state index contributed by atoms with van der Waals surface area (Å²) in [6.45, 7) is 7.61. The van der Waals surface area contributed by atoms with Crippen LogP contribution < -0.4 is 10.6 Å². The zero-order valence-corrected chi connectivity index (χ0v) is 24.3. The molecule has 3 saturated heterocycles. The second-order valence-electron chi connectivity index (χ2n) is 11.0. The standard InChI is InChI=1S/C31H41N3O8/c1-3-38-27(36)18-32-30(37)33-25-6-4-5-24(17-25)29-41-26(19-34-13-11-31(12-14-34)39-15-16-40-31)21(2)28(42-29)23-9-7-22(20-35)8-10-23/h4-10,17,21,26,28-29,35H,3,11-16,18-20H2,1-2H3,(H2,32,33,37)/t21-,26+,28+,29+/m0/s1. The van der Waals surface area contributed by atoms with E-state index in [-0.39, 0.29) is 37.9 Å². The van der Waals surface area contributed by atoms with E-state index in [4.69, 9.17) is 23.7 Å². The second-order valence-corrected chi connectivity index (χ2v) is 11.0. The van der Waals surface area contributed by atoms with Gasteiger partial charge in [-0.1, -0.05) is 43.3 Å². The number of nitrogens with one attached hydrogen (secondary N) is 2. The lowest BCUT2D eigenvalue weighted by molar-refractivity contribution is -0.278. The number of carbonyl (C=O) groups is 2. The number of piperidine rings is 1. The van der Waals surface area contributed by atoms with E-state index in [0.29, 0.717) is 18.9 Å². The van der Waals surface area contributed by atoms with Crippen molar-refractivity contribution in [2.24, 2.45) is 5.92 Å². The first kappa shape index (κ1) is 30.4. The van der Waals surface area contributed by atoms with Gasteiger partial charge in [0.05, 0.1) is 38.6 Å². The quantitative estimate of drug-likeness (QED) is 0.380. The van der Waals surface area contributed by atoms with Gasteiger partial charge in [0.1, 0.15) is 6.54 Å². The molecule has 0 radical (unpaired) electrons. The van der Waals surface area contributed by atoms with Crippen molar-refractivity contribution in [1.29, 1.82) is 0 Å². The molecule has 2 aromatic carbocycles. The minimum absolute atomic E-state index is 0.0211. The third-order valence-electron chi connectivity index (χ3n) is 8.11. The Morgan fingerprint density at radius 1 is 1.05 bits per heavy atom. The zero-order chi connectivity index (χ0) is 29.5. The predicted octanol–water partition coefficient (Wildman–Crippen LogP) is 3.49. The minimum Gasteiger partial charge on any atom is -0.465 e. The molecule has 3 heterocycles. The van der Waals surface area contributed by atoms with E-state index in [1.165, 1.54) is 0 Å². The average molecular weight is 584 g/mol. The first-order valence-electron chi connectivity index (χ1n) is 14.7. The fourth-order valence-electron chi connectivity index (χ4n) is 5.75. The number of ether oxygens (including phenoxy) is 5. The summed E-state index contributed by atoms with van der Waals surface area (Å²) in [5, 5.41) is 14.8. The van der Waals surface area contributed by atoms with Crippen molar-refractivity contribution in [2.75, 3.05) is 51.3 Å². The van der Waals surface area contributed by atoms with Crippen molar-refractivity contribution in [3.63, 3.8) is 0 Å². The first-order valence-corrected chi connectivity index (χ1v) is 14.7. The highest BCUT2D eigenvalue weighted by atomic mass is 16.7. The third kappa shape index (κ3) is 7.47. The van der Waals surface area contributed by atoms with Gasteiger partial charge in [-0.3, -0.25) is 4.79 Å². The molecule has 4 atom stereocenters. The van der Waals surface area contributed by atoms with Crippen LogP contribution in [0, 0.1) is 5.92 Å². The SMILES string of the molecule is CCOC(=O)CNC(=O)Nc1cccc([C@@H]2O[C@H](CN3CCC4(CC3)OCCO4)[C@H](C)[C@H](c3ccc(CO)cc3)O2)c1. The highest BCUT2D eigenvalue weighted by Crippen LogP contribution is 2.42. The molecule has 2 aromatic rings. The van der Waals surface area contributed by atoms with Crippen molar-refractivity contribution < 1.29 is 38.4 Å². The van der Waals surface area contributed by atoms with Crippen LogP contribution in [0.25, 0.3) is 0 Å². The Hall–Kier alpha value is -3.06. The summed E-state index contributed by atoms with van der Waals surface area (Å²) in [7, 11) is 0. The van der Waals surface area contributed by atoms with Crippen LogP contribution in [-0.2, 0) is 35.1 Å². The van der Waals surface area contributed by atoms with Gasteiger partial charge in [0.2, 0.25) is 0 Å². The number of carbonyl (C=O) groups excluding carboxylic acids is 2. The highest BCUT2D eigenvalue weighted by molar-refractivity contribution is 5.91. The summed E-state index contributed by atoms with van der Waals surface area (Å²) in [5.74, 6) is -0.893. The van der Waals surface area contributed by atoms with Gasteiger partial charge in [0.25, 0.3) is 0 Å². The molecule has 3 aliphatic heterocycles. The molecule has 0 aromatic heterocycles. The van der Waals surface area contributed by atoms with Gasteiger partial charge in [0.15, 0.2) is 12.1 Å². The molecule has 0 bridgehead atoms. The van der Waals surface area contributed by atoms with E-state index in [0.717, 1.165) is 49.2 Å². The van der Waals surface area contributed by atoms with Crippen LogP contribution in [0.15, 0.2) is 48.5 Å². The highest BCUT2D eigenvalue weighted by Gasteiger charge is 2.43. The lowest BCUT2D eigenvalue weighted by atomic mass is 9.89. The molecule has 2 amide bonds. The van der Waals surface area contributed by atoms with Crippen molar-refractivity contribution in [3.05, 3.63) is 65.2 Å². The Morgan fingerprint density at radius 2 is 1.79 bits per heavy atom. The van der Waals surface area contributed by atoms with Gasteiger partial charge < -0.3 is 44.3 Å². The van der Waals surface area contributed by atoms with Crippen LogP contribution in [0.5, 0.6) is 0 Å². The Morgan fingerprint density at radius 3 is 2.48 bits per heavy atom. The van der Waals surface area contributed by atoms with E-state index in [9.17, 15) is 14.7 Å². The third-order valence-corrected chi connectivity index (χ3v) is 8.11. The van der Waals surface area contributed by atoms with Crippen molar-refractivity contribution >= 4 is 17.7 Å². The Bertz CT molecular complexity index is 1190. The Labute approximate surface area is 246 Å². The topological polar surface area (TPSA) is 128 Å². The largest absolute Gasteiger partial charge is 0.465 e. The number of rotatable bonds is 9. The molecule has 3 N–H and O–H groups in total. The monoisotopic (exact) mass is 583 g/mol. The van der Waals surface area contributed by atoms with Crippen LogP contribution >= 0.6 is 0 Å². The molecule has 0 unspecified atom stereocenters. The number of hydrogen-bond acceptors (Lipinski definition) is 9. The van der Waals surface area contributed by atoms with Crippen LogP contribution in [0.2, 0.25) is 0 Å². The van der Waals surface area contributed by atoms with Gasteiger partial charge in [0, 0.05) is 49.6 Å². The van der Waals surface area contributed by atoms with Gasteiger partial charge in [-0.15, -0.1) is 0 Å². The summed E-state index contributed by atoms with van der Waals surface area (Å²) < 4.78 is 29.9. The molecule has 0 saturated carbocycles. The smallest absolute Gasteiger partial charge is 0.325 e. The molecular weight excluding hydrogens is 542 g/mol. The molecule has 3 fully saturated rings. The maximum Gasteiger partial charge on any atom is 0.325 e. The molecule has 1 spiro atoms. The molecule has 0 aliphatic carbocycles. The second kappa shape index (κ2) is 13.9. The number of esters is 1. The molecular formula is C31H41N3O8. The lowest BCUT2D eigenvalue weighted by Gasteiger charge is -2.44. The number of anilines is 1. The number of amides is 2. The van der Waals surface area contributed by atoms with Crippen LogP contribution in [0.4, 0.5) is 10.5 Å². The van der Waals surface area contributed by atoms with E-state index in [1.54, 1.807) is 13.0 Å². The van der Waals surface area contributed by atoms with E-state index in [2.05, 4.69) is 22.5 Å². The Kier molecular flexibility index (Phi) is 10.1. The number of nitrogens with zero attached hydrogens (tertiary/aromatic N) is 1. The Balaban J connectivity index is 1.30. The summed E-state index contributed by atoms with van der Waals surface area (Å²) in [5.41, 5.74) is 3.15. The molecule has 11 nitrogen and oxygen atoms in total. The molecule has 11 heteroatoms. The number of aliphatic hydroxyl groups is 1. The maximum atomic E-state index is 12.4. The lowest BCUT2D eigenvalue weighted by Crippen LogP contribution is -2.50. The van der Waals surface area contributed by atoms with Gasteiger partial charge in [-0.2, -0.15) is 0 Å². The number of hydrogen-bond donors (Lipinski definition) is 3. The number of likely N-dealkylation sites (tertiary alicyclic amines) is 1. The van der Waals surface area contributed by atoms with Crippen LogP contribution in [-0.4, -0.2) is 79.9 Å². The summed E-state index contributed by atoms with van der Waals surface area (Å²) in [6.07, 6.45) is 0.604. The minimum atomic E-state index is -0.671. The van der Waals surface area contributed by atoms with Gasteiger partial charge in [-0.05, 0) is 30.2 Å². The summed E-state index contributed by atoms with van der Waals surface area (Å²) >= 11 is 0. The fraction of sp³-hybridized carbons (Fsp3) is 0.548. The van der Waals surface area contributed by atoms with Crippen LogP contribution in [0.1, 0.15) is 55.8 Å². The average Bonchev–Trinajstić information content (AvgIpc) is 3.46. The molecule has 42 heavy (non-hydrogen) atoms. The van der Waals surface area contributed by atoms with Crippen molar-refractivity contribution in [3.8, 4) is 0 Å². The number of benzene rings is 2. The predicted molar refractivity (Wildman–Crippen MR) is 153 cm³/mol. The van der Waals surface area contributed by atoms with Crippen LogP contribution in [0.3, 0.4) is 0 Å². The fourth-order valence-corrected chi connectivity index (χ4v) is 5.75. The molecule has 5 rings (SSSR count). The van der Waals surface area contributed by atoms with Crippen molar-refractivity contribution in [2.45, 2.75) is 57.6 Å². The molecule has 228 valence electrons. The number of urea groups is 1. The summed E-state index contributed by atoms with van der Waals surface area (Å²) in [4.78, 5) is 26.4. The van der Waals surface area contributed by atoms with Gasteiger partial charge >= 0.3 is 12.0 Å². The normalized spacial score (nSPS) is 25.7. The maximum absolute atomic E-state index is 12.4. The zero-order valence-electron chi connectivity index (χ0n) is 24.3. The van der Waals surface area contributed by atoms with E-state index < -0.39 is 24.1 Å². The van der Waals surface area contributed by atoms with E-state index in [1.807, 2.05) is 42.5 Å². The first-order chi connectivity index (χ1) is 20.4.